The highest BCUT2D eigenvalue weighted by atomic mass is 32.2. The Balaban J connectivity index is 2.00. The SMILES string of the molecule is Cc1ccc(NC(=O)c2c(C)oc(-n3cccc3)c2C#N)cc1S(N)(=O)=O. The van der Waals surface area contributed by atoms with Gasteiger partial charge in [0.25, 0.3) is 5.91 Å². The molecule has 3 N–H and O–H groups in total. The molecule has 3 aromatic rings. The number of benzene rings is 1. The van der Waals surface area contributed by atoms with E-state index in [1.165, 1.54) is 12.1 Å². The van der Waals surface area contributed by atoms with Gasteiger partial charge in [0.2, 0.25) is 15.9 Å². The molecule has 2 aromatic heterocycles. The van der Waals surface area contributed by atoms with Gasteiger partial charge in [0.15, 0.2) is 0 Å². The Labute approximate surface area is 155 Å². The zero-order chi connectivity index (χ0) is 19.8. The third-order valence-electron chi connectivity index (χ3n) is 4.00. The first-order valence-electron chi connectivity index (χ1n) is 7.84. The van der Waals surface area contributed by atoms with Crippen molar-refractivity contribution in [3.8, 4) is 12.0 Å². The van der Waals surface area contributed by atoms with E-state index in [0.717, 1.165) is 0 Å². The molecule has 9 heteroatoms. The summed E-state index contributed by atoms with van der Waals surface area (Å²) in [5.74, 6) is -0.0822. The minimum atomic E-state index is -3.93. The lowest BCUT2D eigenvalue weighted by atomic mass is 10.1. The fourth-order valence-electron chi connectivity index (χ4n) is 2.74. The Bertz CT molecular complexity index is 1170. The molecule has 0 aliphatic carbocycles. The van der Waals surface area contributed by atoms with Crippen molar-refractivity contribution >= 4 is 21.6 Å². The average molecular weight is 384 g/mol. The number of nitrogens with two attached hydrogens (primary N) is 1. The Kier molecular flexibility index (Phi) is 4.61. The molecule has 0 aliphatic heterocycles. The first-order valence-corrected chi connectivity index (χ1v) is 9.38. The first-order chi connectivity index (χ1) is 12.7. The number of furan rings is 1. The van der Waals surface area contributed by atoms with Crippen LogP contribution in [0.25, 0.3) is 5.88 Å². The highest BCUT2D eigenvalue weighted by Crippen LogP contribution is 2.27. The van der Waals surface area contributed by atoms with Crippen LogP contribution < -0.4 is 10.5 Å². The van der Waals surface area contributed by atoms with E-state index in [1.54, 1.807) is 49.0 Å². The summed E-state index contributed by atoms with van der Waals surface area (Å²) in [5, 5.41) is 17.3. The fourth-order valence-corrected chi connectivity index (χ4v) is 3.54. The number of anilines is 1. The lowest BCUT2D eigenvalue weighted by molar-refractivity contribution is 0.102. The normalized spacial score (nSPS) is 11.2. The lowest BCUT2D eigenvalue weighted by Crippen LogP contribution is -2.16. The second-order valence-corrected chi connectivity index (χ2v) is 7.42. The highest BCUT2D eigenvalue weighted by molar-refractivity contribution is 7.89. The molecule has 0 spiro atoms. The molecule has 0 atom stereocenters. The van der Waals surface area contributed by atoms with E-state index < -0.39 is 15.9 Å². The standard InChI is InChI=1S/C18H16N4O4S/c1-11-5-6-13(9-15(11)27(20,24)25)21-17(23)16-12(2)26-18(14(16)10-19)22-7-3-4-8-22/h3-9H,1-2H3,(H,21,23)(H2,20,24,25). The fraction of sp³-hybridized carbons (Fsp3) is 0.111. The lowest BCUT2D eigenvalue weighted by Gasteiger charge is -2.09. The van der Waals surface area contributed by atoms with Crippen LogP contribution in [0.15, 0.2) is 52.0 Å². The van der Waals surface area contributed by atoms with Crippen molar-refractivity contribution < 1.29 is 17.6 Å². The first kappa shape index (κ1) is 18.4. The molecule has 8 nitrogen and oxygen atoms in total. The molecule has 0 fully saturated rings. The molecule has 0 unspecified atom stereocenters. The molecule has 0 saturated heterocycles. The van der Waals surface area contributed by atoms with Crippen LogP contribution in [0.3, 0.4) is 0 Å². The number of primary sulfonamides is 1. The smallest absolute Gasteiger partial charge is 0.260 e. The van der Waals surface area contributed by atoms with Crippen LogP contribution in [-0.4, -0.2) is 18.9 Å². The number of sulfonamides is 1. The molecule has 0 aliphatic rings. The van der Waals surface area contributed by atoms with Gasteiger partial charge in [-0.05, 0) is 43.7 Å². The van der Waals surface area contributed by atoms with Crippen molar-refractivity contribution in [3.63, 3.8) is 0 Å². The van der Waals surface area contributed by atoms with Crippen molar-refractivity contribution in [2.24, 2.45) is 5.14 Å². The summed E-state index contributed by atoms with van der Waals surface area (Å²) in [4.78, 5) is 12.6. The van der Waals surface area contributed by atoms with Crippen molar-refractivity contribution in [1.82, 2.24) is 4.57 Å². The van der Waals surface area contributed by atoms with Crippen molar-refractivity contribution in [3.05, 3.63) is 65.2 Å². The minimum Gasteiger partial charge on any atom is -0.443 e. The molecule has 0 radical (unpaired) electrons. The van der Waals surface area contributed by atoms with Gasteiger partial charge >= 0.3 is 0 Å². The molecule has 1 aromatic carbocycles. The van der Waals surface area contributed by atoms with Gasteiger partial charge in [-0.25, -0.2) is 13.6 Å². The summed E-state index contributed by atoms with van der Waals surface area (Å²) < 4.78 is 30.5. The van der Waals surface area contributed by atoms with Crippen LogP contribution in [0.4, 0.5) is 5.69 Å². The number of carbonyl (C=O) groups excluding carboxylic acids is 1. The van der Waals surface area contributed by atoms with Crippen LogP contribution in [0, 0.1) is 25.2 Å². The topological polar surface area (TPSA) is 131 Å². The van der Waals surface area contributed by atoms with Crippen LogP contribution in [0.2, 0.25) is 0 Å². The summed E-state index contributed by atoms with van der Waals surface area (Å²) in [7, 11) is -3.93. The van der Waals surface area contributed by atoms with Crippen LogP contribution in [-0.2, 0) is 10.0 Å². The average Bonchev–Trinajstić information content (AvgIpc) is 3.22. The van der Waals surface area contributed by atoms with Gasteiger partial charge in [0, 0.05) is 18.1 Å². The molecule has 1 amide bonds. The van der Waals surface area contributed by atoms with E-state index in [1.807, 2.05) is 6.07 Å². The van der Waals surface area contributed by atoms with Gasteiger partial charge in [0.1, 0.15) is 23.0 Å². The van der Waals surface area contributed by atoms with E-state index in [9.17, 15) is 18.5 Å². The number of carbonyl (C=O) groups is 1. The Morgan fingerprint density at radius 3 is 2.52 bits per heavy atom. The summed E-state index contributed by atoms with van der Waals surface area (Å²) in [6.45, 7) is 3.18. The van der Waals surface area contributed by atoms with Gasteiger partial charge < -0.3 is 9.73 Å². The third-order valence-corrected chi connectivity index (χ3v) is 5.05. The number of nitriles is 1. The van der Waals surface area contributed by atoms with Gasteiger partial charge in [-0.1, -0.05) is 6.07 Å². The van der Waals surface area contributed by atoms with Crippen molar-refractivity contribution in [2.75, 3.05) is 5.32 Å². The molecular weight excluding hydrogens is 368 g/mol. The third kappa shape index (κ3) is 3.48. The number of aryl methyl sites for hydroxylation is 2. The summed E-state index contributed by atoms with van der Waals surface area (Å²) >= 11 is 0. The number of hydrogen-bond acceptors (Lipinski definition) is 5. The number of nitrogens with one attached hydrogen (secondary N) is 1. The summed E-state index contributed by atoms with van der Waals surface area (Å²) in [6, 6.07) is 9.88. The Morgan fingerprint density at radius 2 is 1.93 bits per heavy atom. The zero-order valence-electron chi connectivity index (χ0n) is 14.6. The van der Waals surface area contributed by atoms with Gasteiger partial charge in [-0.3, -0.25) is 9.36 Å². The number of nitrogens with zero attached hydrogens (tertiary/aromatic N) is 2. The van der Waals surface area contributed by atoms with Crippen molar-refractivity contribution in [2.45, 2.75) is 18.7 Å². The van der Waals surface area contributed by atoms with E-state index in [0.29, 0.717) is 5.56 Å². The zero-order valence-corrected chi connectivity index (χ0v) is 15.4. The predicted molar refractivity (Wildman–Crippen MR) is 98.0 cm³/mol. The van der Waals surface area contributed by atoms with E-state index in [-0.39, 0.29) is 33.4 Å². The van der Waals surface area contributed by atoms with Gasteiger partial charge in [0.05, 0.1) is 4.90 Å². The molecule has 0 bridgehead atoms. The van der Waals surface area contributed by atoms with E-state index in [2.05, 4.69) is 5.32 Å². The maximum absolute atomic E-state index is 12.7. The van der Waals surface area contributed by atoms with E-state index in [4.69, 9.17) is 9.56 Å². The molecule has 3 rings (SSSR count). The summed E-state index contributed by atoms with van der Waals surface area (Å²) in [6.07, 6.45) is 3.39. The number of hydrogen-bond donors (Lipinski definition) is 2. The number of rotatable bonds is 4. The molecule has 27 heavy (non-hydrogen) atoms. The highest BCUT2D eigenvalue weighted by Gasteiger charge is 2.25. The summed E-state index contributed by atoms with van der Waals surface area (Å²) in [5.41, 5.74) is 0.864. The molecule has 0 saturated carbocycles. The van der Waals surface area contributed by atoms with Crippen LogP contribution in [0.5, 0.6) is 0 Å². The van der Waals surface area contributed by atoms with Gasteiger partial charge in [-0.15, -0.1) is 0 Å². The minimum absolute atomic E-state index is 0.0823. The monoisotopic (exact) mass is 384 g/mol. The maximum atomic E-state index is 12.7. The maximum Gasteiger partial charge on any atom is 0.260 e. The molecule has 2 heterocycles. The number of aromatic nitrogens is 1. The predicted octanol–water partition coefficient (Wildman–Crippen LogP) is 2.46. The Hall–Kier alpha value is -3.35. The quantitative estimate of drug-likeness (QED) is 0.713. The second kappa shape index (κ2) is 6.75. The Morgan fingerprint density at radius 1 is 1.26 bits per heavy atom. The van der Waals surface area contributed by atoms with E-state index >= 15 is 0 Å². The second-order valence-electron chi connectivity index (χ2n) is 5.89. The van der Waals surface area contributed by atoms with Crippen molar-refractivity contribution in [1.29, 1.82) is 5.26 Å². The molecular formula is C18H16N4O4S. The molecule has 138 valence electrons. The van der Waals surface area contributed by atoms with Crippen LogP contribution in [0.1, 0.15) is 27.2 Å². The largest absolute Gasteiger partial charge is 0.443 e. The van der Waals surface area contributed by atoms with Crippen LogP contribution >= 0.6 is 0 Å². The van der Waals surface area contributed by atoms with Gasteiger partial charge in [-0.2, -0.15) is 5.26 Å². The number of amides is 1.